The fourth-order valence-electron chi connectivity index (χ4n) is 2.24. The molecule has 1 aromatic heterocycles. The summed E-state index contributed by atoms with van der Waals surface area (Å²) < 4.78 is 40.1. The Kier molecular flexibility index (Phi) is 5.14. The Hall–Kier alpha value is -2.67. The normalized spacial score (nSPS) is 10.7. The Bertz CT molecular complexity index is 897. The monoisotopic (exact) mass is 362 g/mol. The largest absolute Gasteiger partial charge is 0.352 e. The van der Waals surface area contributed by atoms with E-state index in [1.165, 1.54) is 11.3 Å². The second-order valence-corrected chi connectivity index (χ2v) is 6.19. The topological polar surface area (TPSA) is 42.0 Å². The summed E-state index contributed by atoms with van der Waals surface area (Å²) in [4.78, 5) is 16.1. The molecule has 0 aliphatic carbocycles. The number of aromatic nitrogens is 1. The first-order valence-electron chi connectivity index (χ1n) is 7.47. The molecule has 0 radical (unpaired) electrons. The fourth-order valence-corrected chi connectivity index (χ4v) is 3.04. The van der Waals surface area contributed by atoms with Crippen molar-refractivity contribution in [3.05, 3.63) is 75.9 Å². The van der Waals surface area contributed by atoms with Crippen molar-refractivity contribution in [1.82, 2.24) is 10.3 Å². The summed E-state index contributed by atoms with van der Waals surface area (Å²) >= 11 is 1.27. The van der Waals surface area contributed by atoms with Crippen molar-refractivity contribution in [3.63, 3.8) is 0 Å². The summed E-state index contributed by atoms with van der Waals surface area (Å²) in [7, 11) is 0. The van der Waals surface area contributed by atoms with Gasteiger partial charge in [-0.3, -0.25) is 4.79 Å². The van der Waals surface area contributed by atoms with Gasteiger partial charge in [0.2, 0.25) is 0 Å². The maximum atomic E-state index is 13.8. The molecule has 0 bridgehead atoms. The van der Waals surface area contributed by atoms with Gasteiger partial charge in [0.1, 0.15) is 5.82 Å². The van der Waals surface area contributed by atoms with Gasteiger partial charge in [-0.2, -0.15) is 0 Å². The van der Waals surface area contributed by atoms with E-state index < -0.39 is 17.5 Å². The number of nitrogens with one attached hydrogen (secondary N) is 1. The van der Waals surface area contributed by atoms with Crippen LogP contribution in [0, 0.1) is 17.5 Å². The van der Waals surface area contributed by atoms with E-state index in [4.69, 9.17) is 0 Å². The molecular weight excluding hydrogens is 349 g/mol. The van der Waals surface area contributed by atoms with Crippen LogP contribution in [0.3, 0.4) is 0 Å². The zero-order valence-electron chi connectivity index (χ0n) is 12.9. The first-order valence-corrected chi connectivity index (χ1v) is 8.35. The van der Waals surface area contributed by atoms with Gasteiger partial charge in [0, 0.05) is 35.5 Å². The van der Waals surface area contributed by atoms with E-state index in [9.17, 15) is 18.0 Å². The highest BCUT2D eigenvalue weighted by molar-refractivity contribution is 7.09. The number of hydrogen-bond acceptors (Lipinski definition) is 3. The first-order chi connectivity index (χ1) is 12.0. The number of thiazole rings is 1. The van der Waals surface area contributed by atoms with E-state index in [1.807, 2.05) is 6.07 Å². The molecule has 1 N–H and O–H groups in total. The summed E-state index contributed by atoms with van der Waals surface area (Å²) in [6.45, 7) is 0.362. The van der Waals surface area contributed by atoms with Gasteiger partial charge in [0.05, 0.1) is 10.7 Å². The third-order valence-corrected chi connectivity index (χ3v) is 4.41. The molecule has 0 aliphatic heterocycles. The average Bonchev–Trinajstić information content (AvgIpc) is 3.07. The molecule has 7 heteroatoms. The van der Waals surface area contributed by atoms with Crippen molar-refractivity contribution in [2.24, 2.45) is 0 Å². The lowest BCUT2D eigenvalue weighted by Gasteiger charge is -2.03. The lowest BCUT2D eigenvalue weighted by Crippen LogP contribution is -2.25. The van der Waals surface area contributed by atoms with E-state index >= 15 is 0 Å². The second-order valence-electron chi connectivity index (χ2n) is 5.24. The van der Waals surface area contributed by atoms with Gasteiger partial charge >= 0.3 is 0 Å². The minimum absolute atomic E-state index is 0.0882. The van der Waals surface area contributed by atoms with Crippen LogP contribution in [0.25, 0.3) is 11.3 Å². The number of carbonyl (C=O) groups excluding carboxylic acids is 1. The second kappa shape index (κ2) is 7.48. The summed E-state index contributed by atoms with van der Waals surface area (Å²) in [6, 6.07) is 10.1. The van der Waals surface area contributed by atoms with Gasteiger partial charge in [0.15, 0.2) is 11.6 Å². The predicted octanol–water partition coefficient (Wildman–Crippen LogP) is 4.20. The smallest absolute Gasteiger partial charge is 0.251 e. The van der Waals surface area contributed by atoms with Gasteiger partial charge in [0.25, 0.3) is 5.91 Å². The van der Waals surface area contributed by atoms with Crippen molar-refractivity contribution < 1.29 is 18.0 Å². The number of hydrogen-bond donors (Lipinski definition) is 1. The number of benzene rings is 2. The third-order valence-electron chi connectivity index (χ3n) is 3.50. The minimum atomic E-state index is -1.24. The molecular formula is C18H13F3N2OS. The van der Waals surface area contributed by atoms with Crippen molar-refractivity contribution in [3.8, 4) is 11.3 Å². The standard InChI is InChI=1S/C18H13F3N2OS/c19-13-9-15(21)14(20)8-12(13)16-10-25-17(23-16)6-7-22-18(24)11-4-2-1-3-5-11/h1-5,8-10H,6-7H2,(H,22,24). The van der Waals surface area contributed by atoms with E-state index in [1.54, 1.807) is 29.6 Å². The maximum absolute atomic E-state index is 13.8. The van der Waals surface area contributed by atoms with Crippen LogP contribution in [-0.4, -0.2) is 17.4 Å². The van der Waals surface area contributed by atoms with Crippen molar-refractivity contribution in [1.29, 1.82) is 0 Å². The van der Waals surface area contributed by atoms with E-state index in [0.29, 0.717) is 29.6 Å². The van der Waals surface area contributed by atoms with Gasteiger partial charge in [-0.15, -0.1) is 11.3 Å². The average molecular weight is 362 g/mol. The van der Waals surface area contributed by atoms with Gasteiger partial charge in [-0.1, -0.05) is 18.2 Å². The molecule has 0 aliphatic rings. The van der Waals surface area contributed by atoms with Crippen LogP contribution in [0.4, 0.5) is 13.2 Å². The van der Waals surface area contributed by atoms with Crippen molar-refractivity contribution >= 4 is 17.2 Å². The van der Waals surface area contributed by atoms with Gasteiger partial charge in [-0.05, 0) is 18.2 Å². The van der Waals surface area contributed by atoms with Crippen LogP contribution in [0.1, 0.15) is 15.4 Å². The highest BCUT2D eigenvalue weighted by Gasteiger charge is 2.14. The minimum Gasteiger partial charge on any atom is -0.352 e. The SMILES string of the molecule is O=C(NCCc1nc(-c2cc(F)c(F)cc2F)cs1)c1ccccc1. The summed E-state index contributed by atoms with van der Waals surface area (Å²) in [5.74, 6) is -3.42. The number of amides is 1. The molecule has 3 aromatic rings. The maximum Gasteiger partial charge on any atom is 0.251 e. The molecule has 3 nitrogen and oxygen atoms in total. The number of nitrogens with zero attached hydrogens (tertiary/aromatic N) is 1. The van der Waals surface area contributed by atoms with Crippen molar-refractivity contribution in [2.75, 3.05) is 6.54 Å². The molecule has 0 unspecified atom stereocenters. The molecule has 3 rings (SSSR count). The Morgan fingerprint density at radius 3 is 2.52 bits per heavy atom. The van der Waals surface area contributed by atoms with Crippen LogP contribution in [0.2, 0.25) is 0 Å². The Morgan fingerprint density at radius 2 is 1.76 bits per heavy atom. The van der Waals surface area contributed by atoms with Crippen molar-refractivity contribution in [2.45, 2.75) is 6.42 Å². The van der Waals surface area contributed by atoms with Gasteiger partial charge < -0.3 is 5.32 Å². The Morgan fingerprint density at radius 1 is 1.04 bits per heavy atom. The van der Waals surface area contributed by atoms with Gasteiger partial charge in [-0.25, -0.2) is 18.2 Å². The van der Waals surface area contributed by atoms with E-state index in [2.05, 4.69) is 10.3 Å². The van der Waals surface area contributed by atoms with Crippen LogP contribution < -0.4 is 5.32 Å². The zero-order valence-corrected chi connectivity index (χ0v) is 13.7. The fraction of sp³-hybridized carbons (Fsp3) is 0.111. The first kappa shape index (κ1) is 17.2. The third kappa shape index (κ3) is 4.06. The number of rotatable bonds is 5. The molecule has 0 spiro atoms. The zero-order chi connectivity index (χ0) is 17.8. The van der Waals surface area contributed by atoms with Crippen LogP contribution >= 0.6 is 11.3 Å². The quantitative estimate of drug-likeness (QED) is 0.691. The summed E-state index contributed by atoms with van der Waals surface area (Å²) in [5.41, 5.74) is 0.715. The predicted molar refractivity (Wildman–Crippen MR) is 89.9 cm³/mol. The lowest BCUT2D eigenvalue weighted by molar-refractivity contribution is 0.0954. The molecule has 128 valence electrons. The molecule has 25 heavy (non-hydrogen) atoms. The molecule has 2 aromatic carbocycles. The highest BCUT2D eigenvalue weighted by Crippen LogP contribution is 2.26. The highest BCUT2D eigenvalue weighted by atomic mass is 32.1. The van der Waals surface area contributed by atoms with Crippen LogP contribution in [-0.2, 0) is 6.42 Å². The molecule has 0 saturated carbocycles. The molecule has 1 heterocycles. The molecule has 0 atom stereocenters. The van der Waals surface area contributed by atoms with E-state index in [0.717, 1.165) is 6.07 Å². The van der Waals surface area contributed by atoms with E-state index in [-0.39, 0.29) is 17.2 Å². The number of carbonyl (C=O) groups is 1. The summed E-state index contributed by atoms with van der Waals surface area (Å²) in [5, 5.41) is 5.00. The Balaban J connectivity index is 1.63. The molecule has 0 fully saturated rings. The Labute approximate surface area is 146 Å². The van der Waals surface area contributed by atoms with Crippen LogP contribution in [0.5, 0.6) is 0 Å². The molecule has 0 saturated heterocycles. The van der Waals surface area contributed by atoms with Crippen LogP contribution in [0.15, 0.2) is 47.8 Å². The molecule has 1 amide bonds. The summed E-state index contributed by atoms with van der Waals surface area (Å²) in [6.07, 6.45) is 0.453. The number of halogens is 3. The lowest BCUT2D eigenvalue weighted by atomic mass is 10.1.